The molecule has 1 N–H and O–H groups in total. The number of hydrogen-bond donors (Lipinski definition) is 1. The Morgan fingerprint density at radius 2 is 2.05 bits per heavy atom. The number of methoxy groups -OCH3 is 1. The number of anilines is 1. The Balaban J connectivity index is 1.85. The molecule has 0 saturated carbocycles. The topological polar surface area (TPSA) is 60.2 Å². The number of fused-ring (bicyclic) bond motifs is 1. The maximum Gasteiger partial charge on any atom is 0.181 e. The summed E-state index contributed by atoms with van der Waals surface area (Å²) in [5.74, 6) is 1.44. The van der Waals surface area contributed by atoms with Crippen molar-refractivity contribution < 1.29 is 9.26 Å². The minimum Gasteiger partial charge on any atom is -0.496 e. The number of nitrogens with zero attached hydrogens (tertiary/aromatic N) is 2. The third-order valence-electron chi connectivity index (χ3n) is 3.74. The molecule has 0 fully saturated rings. The maximum absolute atomic E-state index is 5.39. The summed E-state index contributed by atoms with van der Waals surface area (Å²) in [5.41, 5.74) is 1.61. The SMILES string of the molecule is COc1cccc2onc(NCC(C)(C)c3ccccn3)c12. The average Bonchev–Trinajstić information content (AvgIpc) is 2.97. The lowest BCUT2D eigenvalue weighted by Crippen LogP contribution is -2.28. The molecule has 0 amide bonds. The van der Waals surface area contributed by atoms with Gasteiger partial charge in [-0.2, -0.15) is 0 Å². The Morgan fingerprint density at radius 1 is 1.18 bits per heavy atom. The van der Waals surface area contributed by atoms with Crippen LogP contribution in [-0.2, 0) is 5.41 Å². The fourth-order valence-corrected chi connectivity index (χ4v) is 2.41. The molecule has 2 aromatic heterocycles. The lowest BCUT2D eigenvalue weighted by molar-refractivity contribution is 0.419. The van der Waals surface area contributed by atoms with Crippen LogP contribution in [0.2, 0.25) is 0 Å². The van der Waals surface area contributed by atoms with E-state index in [4.69, 9.17) is 9.26 Å². The van der Waals surface area contributed by atoms with Crippen molar-refractivity contribution in [1.29, 1.82) is 0 Å². The molecule has 0 aliphatic rings. The molecule has 0 atom stereocenters. The van der Waals surface area contributed by atoms with E-state index in [-0.39, 0.29) is 5.41 Å². The van der Waals surface area contributed by atoms with E-state index in [1.165, 1.54) is 0 Å². The van der Waals surface area contributed by atoms with Gasteiger partial charge in [-0.1, -0.05) is 31.1 Å². The Morgan fingerprint density at radius 3 is 2.77 bits per heavy atom. The monoisotopic (exact) mass is 297 g/mol. The van der Waals surface area contributed by atoms with Crippen molar-refractivity contribution in [2.45, 2.75) is 19.3 Å². The van der Waals surface area contributed by atoms with E-state index in [1.54, 1.807) is 7.11 Å². The first kappa shape index (κ1) is 14.4. The predicted octanol–water partition coefficient (Wildman–Crippen LogP) is 3.62. The zero-order chi connectivity index (χ0) is 15.6. The number of rotatable bonds is 5. The molecule has 0 radical (unpaired) electrons. The van der Waals surface area contributed by atoms with E-state index in [9.17, 15) is 0 Å². The van der Waals surface area contributed by atoms with Gasteiger partial charge in [-0.05, 0) is 24.3 Å². The van der Waals surface area contributed by atoms with Gasteiger partial charge in [0.15, 0.2) is 11.4 Å². The van der Waals surface area contributed by atoms with Crippen LogP contribution in [0, 0.1) is 0 Å². The van der Waals surface area contributed by atoms with E-state index in [1.807, 2.05) is 42.6 Å². The minimum absolute atomic E-state index is 0.130. The summed E-state index contributed by atoms with van der Waals surface area (Å²) in [7, 11) is 1.64. The lowest BCUT2D eigenvalue weighted by atomic mass is 9.88. The zero-order valence-corrected chi connectivity index (χ0v) is 13.0. The smallest absolute Gasteiger partial charge is 0.181 e. The Bertz CT molecular complexity index is 766. The van der Waals surface area contributed by atoms with Crippen LogP contribution >= 0.6 is 0 Å². The van der Waals surface area contributed by atoms with Gasteiger partial charge in [0.1, 0.15) is 11.1 Å². The summed E-state index contributed by atoms with van der Waals surface area (Å²) in [5, 5.41) is 8.33. The molecular weight excluding hydrogens is 278 g/mol. The first-order valence-corrected chi connectivity index (χ1v) is 7.19. The summed E-state index contributed by atoms with van der Waals surface area (Å²) in [4.78, 5) is 4.44. The van der Waals surface area contributed by atoms with Crippen LogP contribution in [0.15, 0.2) is 47.1 Å². The predicted molar refractivity (Wildman–Crippen MR) is 86.3 cm³/mol. The highest BCUT2D eigenvalue weighted by molar-refractivity contribution is 5.93. The van der Waals surface area contributed by atoms with Crippen LogP contribution < -0.4 is 10.1 Å². The number of pyridine rings is 1. The molecule has 5 nitrogen and oxygen atoms in total. The van der Waals surface area contributed by atoms with Crippen LogP contribution in [0.25, 0.3) is 11.0 Å². The molecule has 0 bridgehead atoms. The van der Waals surface area contributed by atoms with E-state index >= 15 is 0 Å². The second-order valence-electron chi connectivity index (χ2n) is 5.82. The lowest BCUT2D eigenvalue weighted by Gasteiger charge is -2.24. The minimum atomic E-state index is -0.130. The normalized spacial score (nSPS) is 11.6. The second-order valence-corrected chi connectivity index (χ2v) is 5.82. The Hall–Kier alpha value is -2.56. The average molecular weight is 297 g/mol. The van der Waals surface area contributed by atoms with Gasteiger partial charge >= 0.3 is 0 Å². The van der Waals surface area contributed by atoms with E-state index in [2.05, 4.69) is 29.3 Å². The summed E-state index contributed by atoms with van der Waals surface area (Å²) in [6.07, 6.45) is 1.81. The molecule has 114 valence electrons. The molecule has 0 aliphatic heterocycles. The number of nitrogens with one attached hydrogen (secondary N) is 1. The van der Waals surface area contributed by atoms with E-state index in [0.29, 0.717) is 17.9 Å². The highest BCUT2D eigenvalue weighted by Gasteiger charge is 2.23. The third kappa shape index (κ3) is 2.62. The summed E-state index contributed by atoms with van der Waals surface area (Å²) < 4.78 is 10.7. The van der Waals surface area contributed by atoms with Crippen molar-refractivity contribution in [2.75, 3.05) is 19.0 Å². The molecule has 3 aromatic rings. The van der Waals surface area contributed by atoms with E-state index < -0.39 is 0 Å². The van der Waals surface area contributed by atoms with Crippen LogP contribution in [-0.4, -0.2) is 23.8 Å². The Labute approximate surface area is 129 Å². The van der Waals surface area contributed by atoms with Gasteiger partial charge in [0.2, 0.25) is 0 Å². The highest BCUT2D eigenvalue weighted by Crippen LogP contribution is 2.32. The Kier molecular flexibility index (Phi) is 3.71. The van der Waals surface area contributed by atoms with Gasteiger partial charge < -0.3 is 14.6 Å². The van der Waals surface area contributed by atoms with Crippen LogP contribution in [0.5, 0.6) is 5.75 Å². The molecule has 22 heavy (non-hydrogen) atoms. The first-order valence-electron chi connectivity index (χ1n) is 7.19. The maximum atomic E-state index is 5.39. The molecule has 0 saturated heterocycles. The fraction of sp³-hybridized carbons (Fsp3) is 0.294. The molecule has 5 heteroatoms. The molecule has 0 unspecified atom stereocenters. The van der Waals surface area contributed by atoms with Crippen LogP contribution in [0.3, 0.4) is 0 Å². The fourth-order valence-electron chi connectivity index (χ4n) is 2.41. The van der Waals surface area contributed by atoms with Crippen LogP contribution in [0.1, 0.15) is 19.5 Å². The molecule has 1 aromatic carbocycles. The molecule has 0 spiro atoms. The summed E-state index contributed by atoms with van der Waals surface area (Å²) in [6, 6.07) is 11.6. The molecule has 3 rings (SSSR count). The third-order valence-corrected chi connectivity index (χ3v) is 3.74. The molecule has 2 heterocycles. The van der Waals surface area contributed by atoms with Gasteiger partial charge in [0.05, 0.1) is 7.11 Å². The summed E-state index contributed by atoms with van der Waals surface area (Å²) in [6.45, 7) is 4.97. The quantitative estimate of drug-likeness (QED) is 0.779. The largest absolute Gasteiger partial charge is 0.496 e. The van der Waals surface area contributed by atoms with Crippen molar-refractivity contribution >= 4 is 16.8 Å². The van der Waals surface area contributed by atoms with Crippen molar-refractivity contribution in [3.63, 3.8) is 0 Å². The van der Waals surface area contributed by atoms with Gasteiger partial charge in [-0.3, -0.25) is 4.98 Å². The number of ether oxygens (including phenoxy) is 1. The zero-order valence-electron chi connectivity index (χ0n) is 13.0. The standard InChI is InChI=1S/C17H19N3O2/c1-17(2,14-9-4-5-10-18-14)11-19-16-15-12(21-3)7-6-8-13(15)22-20-16/h4-10H,11H2,1-3H3,(H,19,20). The van der Waals surface area contributed by atoms with Gasteiger partial charge in [0.25, 0.3) is 0 Å². The van der Waals surface area contributed by atoms with E-state index in [0.717, 1.165) is 16.8 Å². The van der Waals surface area contributed by atoms with Gasteiger partial charge in [0, 0.05) is 23.9 Å². The molecular formula is C17H19N3O2. The van der Waals surface area contributed by atoms with Gasteiger partial charge in [-0.25, -0.2) is 0 Å². The number of hydrogen-bond acceptors (Lipinski definition) is 5. The highest BCUT2D eigenvalue weighted by atomic mass is 16.5. The van der Waals surface area contributed by atoms with Crippen molar-refractivity contribution in [3.8, 4) is 5.75 Å². The van der Waals surface area contributed by atoms with Crippen LogP contribution in [0.4, 0.5) is 5.82 Å². The number of benzene rings is 1. The summed E-state index contributed by atoms with van der Waals surface area (Å²) >= 11 is 0. The molecule has 0 aliphatic carbocycles. The first-order chi connectivity index (χ1) is 10.6. The van der Waals surface area contributed by atoms with Crippen molar-refractivity contribution in [2.24, 2.45) is 0 Å². The second kappa shape index (κ2) is 5.67. The van der Waals surface area contributed by atoms with Crippen molar-refractivity contribution in [3.05, 3.63) is 48.3 Å². The van der Waals surface area contributed by atoms with Crippen molar-refractivity contribution in [1.82, 2.24) is 10.1 Å². The van der Waals surface area contributed by atoms with Gasteiger partial charge in [-0.15, -0.1) is 0 Å². The number of aromatic nitrogens is 2.